The highest BCUT2D eigenvalue weighted by atomic mass is 32.1. The van der Waals surface area contributed by atoms with E-state index in [0.717, 1.165) is 39.9 Å². The molecular weight excluding hydrogens is 448 g/mol. The molecule has 176 valence electrons. The lowest BCUT2D eigenvalue weighted by atomic mass is 9.75. The van der Waals surface area contributed by atoms with Crippen molar-refractivity contribution in [3.63, 3.8) is 0 Å². The van der Waals surface area contributed by atoms with Gasteiger partial charge in [0.05, 0.1) is 15.9 Å². The number of benzene rings is 2. The summed E-state index contributed by atoms with van der Waals surface area (Å²) in [6.45, 7) is 3.76. The number of rotatable bonds is 5. The van der Waals surface area contributed by atoms with E-state index in [4.69, 9.17) is 0 Å². The molecule has 0 atom stereocenters. The highest BCUT2D eigenvalue weighted by Gasteiger charge is 2.52. The number of hydrogen-bond donors (Lipinski definition) is 1. The number of hydrogen-bond acceptors (Lipinski definition) is 5. The minimum absolute atomic E-state index is 0.283. The molecule has 2 heterocycles. The number of nitrogens with zero attached hydrogens (tertiary/aromatic N) is 3. The standard InChI is InChI=1S/C26H28N4O3S/c1-3-18-12-14-26(15-13-18)23(32)29(24(33)28-26)16-22(31)30(20-10-6-4-8-17(20)2)25-27-19-9-5-7-11-21(19)34-25/h4-11,18H,3,12-16H2,1-2H3,(H,28,33). The number of imide groups is 1. The summed E-state index contributed by atoms with van der Waals surface area (Å²) >= 11 is 1.41. The molecule has 5 rings (SSSR count). The molecule has 2 aliphatic rings. The third-order valence-corrected chi connectivity index (χ3v) is 8.18. The molecular formula is C26H28N4O3S. The Bertz CT molecular complexity index is 1230. The quantitative estimate of drug-likeness (QED) is 0.516. The van der Waals surface area contributed by atoms with Crippen LogP contribution < -0.4 is 10.2 Å². The maximum Gasteiger partial charge on any atom is 0.325 e. The van der Waals surface area contributed by atoms with Gasteiger partial charge in [0.2, 0.25) is 0 Å². The molecule has 3 aromatic rings. The van der Waals surface area contributed by atoms with Crippen molar-refractivity contribution in [3.05, 3.63) is 54.1 Å². The van der Waals surface area contributed by atoms with Crippen molar-refractivity contribution in [2.75, 3.05) is 11.4 Å². The first kappa shape index (κ1) is 22.5. The molecule has 34 heavy (non-hydrogen) atoms. The van der Waals surface area contributed by atoms with Crippen molar-refractivity contribution in [2.24, 2.45) is 5.92 Å². The normalized spacial score (nSPS) is 22.4. The molecule has 1 aromatic heterocycles. The lowest BCUT2D eigenvalue weighted by molar-refractivity contribution is -0.135. The number of amides is 4. The summed E-state index contributed by atoms with van der Waals surface area (Å²) in [5, 5.41) is 3.44. The van der Waals surface area contributed by atoms with Crippen LogP contribution in [0.1, 0.15) is 44.6 Å². The molecule has 1 saturated heterocycles. The van der Waals surface area contributed by atoms with Crippen molar-refractivity contribution in [3.8, 4) is 0 Å². The SMILES string of the molecule is CCC1CCC2(CC1)NC(=O)N(CC(=O)N(c1nc3ccccc3s1)c1ccccc1C)C2=O. The fraction of sp³-hybridized carbons (Fsp3) is 0.385. The Labute approximate surface area is 202 Å². The largest absolute Gasteiger partial charge is 0.325 e. The topological polar surface area (TPSA) is 82.6 Å². The number of para-hydroxylation sites is 2. The van der Waals surface area contributed by atoms with Crippen LogP contribution in [0.3, 0.4) is 0 Å². The highest BCUT2D eigenvalue weighted by Crippen LogP contribution is 2.39. The molecule has 1 N–H and O–H groups in total. The van der Waals surface area contributed by atoms with Crippen molar-refractivity contribution < 1.29 is 14.4 Å². The minimum atomic E-state index is -0.869. The number of fused-ring (bicyclic) bond motifs is 1. The van der Waals surface area contributed by atoms with Crippen LogP contribution in [0, 0.1) is 12.8 Å². The van der Waals surface area contributed by atoms with Crippen LogP contribution in [0.25, 0.3) is 10.2 Å². The highest BCUT2D eigenvalue weighted by molar-refractivity contribution is 7.22. The van der Waals surface area contributed by atoms with Crippen LogP contribution in [0.5, 0.6) is 0 Å². The van der Waals surface area contributed by atoms with Crippen LogP contribution in [-0.4, -0.2) is 39.8 Å². The van der Waals surface area contributed by atoms with Gasteiger partial charge in [-0.05, 0) is 62.3 Å². The molecule has 2 aromatic carbocycles. The van der Waals surface area contributed by atoms with Gasteiger partial charge >= 0.3 is 6.03 Å². The van der Waals surface area contributed by atoms with Crippen molar-refractivity contribution in [1.29, 1.82) is 0 Å². The number of aromatic nitrogens is 1. The summed E-state index contributed by atoms with van der Waals surface area (Å²) in [5.41, 5.74) is 1.53. The number of carbonyl (C=O) groups excluding carboxylic acids is 3. The zero-order valence-corrected chi connectivity index (χ0v) is 20.2. The van der Waals surface area contributed by atoms with Gasteiger partial charge in [-0.3, -0.25) is 19.4 Å². The third-order valence-electron chi connectivity index (χ3n) is 7.15. The molecule has 0 radical (unpaired) electrons. The molecule has 7 nitrogen and oxygen atoms in total. The predicted octanol–water partition coefficient (Wildman–Crippen LogP) is 5.16. The maximum absolute atomic E-state index is 13.7. The molecule has 2 fully saturated rings. The lowest BCUT2D eigenvalue weighted by Gasteiger charge is -2.34. The molecule has 1 spiro atoms. The van der Waals surface area contributed by atoms with E-state index >= 15 is 0 Å². The molecule has 0 unspecified atom stereocenters. The fourth-order valence-corrected chi connectivity index (χ4v) is 6.05. The Balaban J connectivity index is 1.45. The van der Waals surface area contributed by atoms with E-state index in [2.05, 4.69) is 17.2 Å². The molecule has 1 saturated carbocycles. The second kappa shape index (κ2) is 8.83. The average molecular weight is 477 g/mol. The molecule has 1 aliphatic heterocycles. The predicted molar refractivity (Wildman–Crippen MR) is 133 cm³/mol. The number of thiazole rings is 1. The van der Waals surface area contributed by atoms with Gasteiger partial charge in [0.15, 0.2) is 5.13 Å². The first-order chi connectivity index (χ1) is 16.4. The number of aryl methyl sites for hydroxylation is 1. The van der Waals surface area contributed by atoms with E-state index in [1.54, 1.807) is 4.90 Å². The number of anilines is 2. The van der Waals surface area contributed by atoms with E-state index in [0.29, 0.717) is 29.6 Å². The summed E-state index contributed by atoms with van der Waals surface area (Å²) in [5.74, 6) is -0.0628. The van der Waals surface area contributed by atoms with Gasteiger partial charge < -0.3 is 5.32 Å². The first-order valence-electron chi connectivity index (χ1n) is 11.8. The summed E-state index contributed by atoms with van der Waals surface area (Å²) in [6, 6.07) is 14.8. The Morgan fingerprint density at radius 3 is 2.56 bits per heavy atom. The van der Waals surface area contributed by atoms with E-state index in [1.165, 1.54) is 11.3 Å². The van der Waals surface area contributed by atoms with Crippen LogP contribution >= 0.6 is 11.3 Å². The van der Waals surface area contributed by atoms with E-state index in [1.807, 2.05) is 55.5 Å². The van der Waals surface area contributed by atoms with E-state index in [-0.39, 0.29) is 18.4 Å². The van der Waals surface area contributed by atoms with E-state index in [9.17, 15) is 14.4 Å². The van der Waals surface area contributed by atoms with Gasteiger partial charge in [-0.25, -0.2) is 9.78 Å². The Morgan fingerprint density at radius 1 is 1.15 bits per heavy atom. The van der Waals surface area contributed by atoms with Crippen LogP contribution in [0.4, 0.5) is 15.6 Å². The summed E-state index contributed by atoms with van der Waals surface area (Å²) < 4.78 is 0.963. The van der Waals surface area contributed by atoms with Crippen LogP contribution in [0.2, 0.25) is 0 Å². The molecule has 0 bridgehead atoms. The van der Waals surface area contributed by atoms with Gasteiger partial charge in [0, 0.05) is 0 Å². The number of carbonyl (C=O) groups is 3. The van der Waals surface area contributed by atoms with E-state index < -0.39 is 11.6 Å². The summed E-state index contributed by atoms with van der Waals surface area (Å²) in [6.07, 6.45) is 4.14. The monoisotopic (exact) mass is 476 g/mol. The summed E-state index contributed by atoms with van der Waals surface area (Å²) in [7, 11) is 0. The van der Waals surface area contributed by atoms with Crippen molar-refractivity contribution in [2.45, 2.75) is 51.5 Å². The smallest absolute Gasteiger partial charge is 0.323 e. The summed E-state index contributed by atoms with van der Waals surface area (Å²) in [4.78, 5) is 47.3. The molecule has 8 heteroatoms. The zero-order valence-electron chi connectivity index (χ0n) is 19.4. The van der Waals surface area contributed by atoms with Gasteiger partial charge in [-0.2, -0.15) is 0 Å². The molecule has 4 amide bonds. The Hall–Kier alpha value is -3.26. The average Bonchev–Trinajstić information content (AvgIpc) is 3.36. The second-order valence-corrected chi connectivity index (χ2v) is 10.2. The minimum Gasteiger partial charge on any atom is -0.323 e. The third kappa shape index (κ3) is 3.86. The number of urea groups is 1. The zero-order chi connectivity index (χ0) is 23.9. The second-order valence-electron chi connectivity index (χ2n) is 9.23. The Morgan fingerprint density at radius 2 is 1.85 bits per heavy atom. The molecule has 1 aliphatic carbocycles. The van der Waals surface area contributed by atoms with Gasteiger partial charge in [0.1, 0.15) is 12.1 Å². The van der Waals surface area contributed by atoms with Gasteiger partial charge in [-0.15, -0.1) is 0 Å². The lowest BCUT2D eigenvalue weighted by Crippen LogP contribution is -2.50. The maximum atomic E-state index is 13.7. The first-order valence-corrected chi connectivity index (χ1v) is 12.6. The fourth-order valence-electron chi connectivity index (χ4n) is 5.06. The van der Waals surface area contributed by atoms with Crippen molar-refractivity contribution in [1.82, 2.24) is 15.2 Å². The van der Waals surface area contributed by atoms with Gasteiger partial charge in [0.25, 0.3) is 11.8 Å². The van der Waals surface area contributed by atoms with Crippen LogP contribution in [0.15, 0.2) is 48.5 Å². The number of nitrogens with one attached hydrogen (secondary N) is 1. The van der Waals surface area contributed by atoms with Crippen LogP contribution in [-0.2, 0) is 9.59 Å². The van der Waals surface area contributed by atoms with Crippen molar-refractivity contribution >= 4 is 50.2 Å². The van der Waals surface area contributed by atoms with Gasteiger partial charge in [-0.1, -0.05) is 55.0 Å². The Kier molecular flexibility index (Phi) is 5.85.